The van der Waals surface area contributed by atoms with Gasteiger partial charge in [0.15, 0.2) is 0 Å². The lowest BCUT2D eigenvalue weighted by atomic mass is 9.72. The van der Waals surface area contributed by atoms with Crippen LogP contribution >= 0.6 is 0 Å². The van der Waals surface area contributed by atoms with E-state index in [2.05, 4.69) is 6.92 Å². The zero-order valence-corrected chi connectivity index (χ0v) is 11.0. The molecule has 1 fully saturated rings. The molecular formula is C16H20F2. The Hall–Kier alpha value is -0.920. The van der Waals surface area contributed by atoms with Gasteiger partial charge in [-0.3, -0.25) is 0 Å². The molecule has 18 heavy (non-hydrogen) atoms. The van der Waals surface area contributed by atoms with Gasteiger partial charge in [0.2, 0.25) is 0 Å². The second kappa shape index (κ2) is 4.04. The molecule has 1 saturated carbocycles. The van der Waals surface area contributed by atoms with Gasteiger partial charge in [0.05, 0.1) is 0 Å². The molecular weight excluding hydrogens is 230 g/mol. The Balaban J connectivity index is 2.08. The van der Waals surface area contributed by atoms with Gasteiger partial charge in [0.1, 0.15) is 0 Å². The standard InChI is InChI=1S/C16H20F2/c1-10-8-11-4-3-5-14(11)15-9-12(16(2,17)18)6-7-13(10)15/h6-7,9-11,14H,3-5,8H2,1-2H3. The van der Waals surface area contributed by atoms with Crippen molar-refractivity contribution < 1.29 is 8.78 Å². The summed E-state index contributed by atoms with van der Waals surface area (Å²) in [5.74, 6) is -0.922. The van der Waals surface area contributed by atoms with Crippen molar-refractivity contribution in [1.82, 2.24) is 0 Å². The number of alkyl halides is 2. The van der Waals surface area contributed by atoms with Gasteiger partial charge in [-0.2, -0.15) is 0 Å². The molecule has 0 bridgehead atoms. The predicted octanol–water partition coefficient (Wildman–Crippen LogP) is 5.19. The van der Waals surface area contributed by atoms with E-state index in [-0.39, 0.29) is 5.56 Å². The van der Waals surface area contributed by atoms with E-state index in [9.17, 15) is 8.78 Å². The van der Waals surface area contributed by atoms with Crippen LogP contribution in [0.4, 0.5) is 8.78 Å². The molecule has 0 nitrogen and oxygen atoms in total. The second-order valence-corrected chi connectivity index (χ2v) is 6.17. The van der Waals surface area contributed by atoms with Crippen LogP contribution in [0.25, 0.3) is 0 Å². The van der Waals surface area contributed by atoms with Crippen molar-refractivity contribution in [3.63, 3.8) is 0 Å². The van der Waals surface area contributed by atoms with Crippen LogP contribution in [-0.4, -0.2) is 0 Å². The molecule has 1 aromatic carbocycles. The van der Waals surface area contributed by atoms with Crippen LogP contribution in [0.2, 0.25) is 0 Å². The van der Waals surface area contributed by atoms with Gasteiger partial charge in [-0.25, -0.2) is 8.78 Å². The van der Waals surface area contributed by atoms with Gasteiger partial charge in [0, 0.05) is 12.5 Å². The Morgan fingerprint density at radius 3 is 2.67 bits per heavy atom. The van der Waals surface area contributed by atoms with Crippen molar-refractivity contribution >= 4 is 0 Å². The first kappa shape index (κ1) is 12.1. The first-order valence-electron chi connectivity index (χ1n) is 6.99. The topological polar surface area (TPSA) is 0 Å². The molecule has 2 aliphatic carbocycles. The van der Waals surface area contributed by atoms with E-state index in [0.29, 0.717) is 11.8 Å². The van der Waals surface area contributed by atoms with Crippen LogP contribution in [0.3, 0.4) is 0 Å². The summed E-state index contributed by atoms with van der Waals surface area (Å²) in [6.45, 7) is 3.23. The summed E-state index contributed by atoms with van der Waals surface area (Å²) >= 11 is 0. The number of hydrogen-bond donors (Lipinski definition) is 0. The summed E-state index contributed by atoms with van der Waals surface area (Å²) in [7, 11) is 0. The fourth-order valence-electron chi connectivity index (χ4n) is 3.93. The molecule has 0 spiro atoms. The SMILES string of the molecule is CC1CC2CCCC2c2cc(C(C)(F)F)ccc21. The van der Waals surface area contributed by atoms with Crippen molar-refractivity contribution in [3.05, 3.63) is 34.9 Å². The minimum Gasteiger partial charge on any atom is -0.202 e. The van der Waals surface area contributed by atoms with E-state index in [1.165, 1.54) is 36.8 Å². The maximum atomic E-state index is 13.5. The highest BCUT2D eigenvalue weighted by Crippen LogP contribution is 2.51. The molecule has 0 amide bonds. The normalized spacial score (nSPS) is 31.0. The molecule has 0 saturated heterocycles. The van der Waals surface area contributed by atoms with E-state index in [0.717, 1.165) is 12.8 Å². The van der Waals surface area contributed by atoms with Crippen LogP contribution in [-0.2, 0) is 5.92 Å². The molecule has 98 valence electrons. The van der Waals surface area contributed by atoms with Crippen LogP contribution in [0.5, 0.6) is 0 Å². The number of halogens is 2. The van der Waals surface area contributed by atoms with Gasteiger partial charge in [-0.1, -0.05) is 25.5 Å². The second-order valence-electron chi connectivity index (χ2n) is 6.17. The third-order valence-corrected chi connectivity index (χ3v) is 4.84. The highest BCUT2D eigenvalue weighted by Gasteiger charge is 2.37. The Morgan fingerprint density at radius 2 is 1.94 bits per heavy atom. The van der Waals surface area contributed by atoms with E-state index in [1.807, 2.05) is 6.07 Å². The van der Waals surface area contributed by atoms with E-state index < -0.39 is 5.92 Å². The Kier molecular flexibility index (Phi) is 2.72. The summed E-state index contributed by atoms with van der Waals surface area (Å²) in [4.78, 5) is 0. The number of hydrogen-bond acceptors (Lipinski definition) is 0. The Bertz CT molecular complexity index is 459. The highest BCUT2D eigenvalue weighted by atomic mass is 19.3. The van der Waals surface area contributed by atoms with Crippen molar-refractivity contribution in [1.29, 1.82) is 0 Å². The maximum absolute atomic E-state index is 13.5. The molecule has 0 aliphatic heterocycles. The highest BCUT2D eigenvalue weighted by molar-refractivity contribution is 5.41. The average Bonchev–Trinajstić information content (AvgIpc) is 2.75. The maximum Gasteiger partial charge on any atom is 0.270 e. The van der Waals surface area contributed by atoms with Crippen molar-refractivity contribution in [2.75, 3.05) is 0 Å². The van der Waals surface area contributed by atoms with Crippen LogP contribution < -0.4 is 0 Å². The molecule has 3 atom stereocenters. The van der Waals surface area contributed by atoms with Gasteiger partial charge in [0.25, 0.3) is 5.92 Å². The Labute approximate surface area is 107 Å². The van der Waals surface area contributed by atoms with Crippen molar-refractivity contribution in [2.24, 2.45) is 5.92 Å². The molecule has 0 N–H and O–H groups in total. The lowest BCUT2D eigenvalue weighted by Gasteiger charge is -2.33. The summed E-state index contributed by atoms with van der Waals surface area (Å²) in [5, 5.41) is 0. The fourth-order valence-corrected chi connectivity index (χ4v) is 3.93. The molecule has 0 heterocycles. The quantitative estimate of drug-likeness (QED) is 0.643. The van der Waals surface area contributed by atoms with E-state index in [1.54, 1.807) is 12.1 Å². The summed E-state index contributed by atoms with van der Waals surface area (Å²) in [6.07, 6.45) is 4.96. The third kappa shape index (κ3) is 1.86. The zero-order chi connectivity index (χ0) is 12.9. The first-order chi connectivity index (χ1) is 8.47. The van der Waals surface area contributed by atoms with Crippen molar-refractivity contribution in [2.45, 2.75) is 57.3 Å². The van der Waals surface area contributed by atoms with Gasteiger partial charge in [-0.15, -0.1) is 0 Å². The van der Waals surface area contributed by atoms with Crippen LogP contribution in [0.15, 0.2) is 18.2 Å². The Morgan fingerprint density at radius 1 is 1.17 bits per heavy atom. The third-order valence-electron chi connectivity index (χ3n) is 4.84. The first-order valence-corrected chi connectivity index (χ1v) is 6.99. The number of fused-ring (bicyclic) bond motifs is 3. The molecule has 3 unspecified atom stereocenters. The molecule has 0 aromatic heterocycles. The average molecular weight is 250 g/mol. The molecule has 0 radical (unpaired) electrons. The van der Waals surface area contributed by atoms with Gasteiger partial charge < -0.3 is 0 Å². The molecule has 3 rings (SSSR count). The zero-order valence-electron chi connectivity index (χ0n) is 11.0. The van der Waals surface area contributed by atoms with Gasteiger partial charge >= 0.3 is 0 Å². The van der Waals surface area contributed by atoms with Crippen LogP contribution in [0, 0.1) is 5.92 Å². The summed E-state index contributed by atoms with van der Waals surface area (Å²) in [5.41, 5.74) is 2.71. The minimum atomic E-state index is -2.72. The fraction of sp³-hybridized carbons (Fsp3) is 0.625. The summed E-state index contributed by atoms with van der Waals surface area (Å²) < 4.78 is 26.9. The molecule has 2 heteroatoms. The lowest BCUT2D eigenvalue weighted by Crippen LogP contribution is -2.20. The predicted molar refractivity (Wildman–Crippen MR) is 69.1 cm³/mol. The molecule has 2 aliphatic rings. The minimum absolute atomic E-state index is 0.181. The van der Waals surface area contributed by atoms with E-state index >= 15 is 0 Å². The van der Waals surface area contributed by atoms with E-state index in [4.69, 9.17) is 0 Å². The monoisotopic (exact) mass is 250 g/mol. The number of rotatable bonds is 1. The number of benzene rings is 1. The lowest BCUT2D eigenvalue weighted by molar-refractivity contribution is 0.0173. The van der Waals surface area contributed by atoms with Crippen LogP contribution in [0.1, 0.15) is 68.1 Å². The smallest absolute Gasteiger partial charge is 0.202 e. The summed E-state index contributed by atoms with van der Waals surface area (Å²) in [6, 6.07) is 5.35. The van der Waals surface area contributed by atoms with Gasteiger partial charge in [-0.05, 0) is 54.2 Å². The molecule has 1 aromatic rings. The van der Waals surface area contributed by atoms with Crippen molar-refractivity contribution in [3.8, 4) is 0 Å². The largest absolute Gasteiger partial charge is 0.270 e.